The first-order valence-electron chi connectivity index (χ1n) is 6.76. The Morgan fingerprint density at radius 3 is 2.32 bits per heavy atom. The molecule has 1 rings (SSSR count). The van der Waals surface area contributed by atoms with Crippen molar-refractivity contribution in [2.75, 3.05) is 17.6 Å². The second-order valence-corrected chi connectivity index (χ2v) is 8.14. The zero-order valence-corrected chi connectivity index (χ0v) is 13.3. The van der Waals surface area contributed by atoms with Gasteiger partial charge in [0.1, 0.15) is 0 Å². The minimum atomic E-state index is -3.18. The van der Waals surface area contributed by atoms with Gasteiger partial charge in [0.05, 0.1) is 16.3 Å². The third-order valence-corrected chi connectivity index (χ3v) is 5.69. The number of hydrogen-bond acceptors (Lipinski definition) is 3. The maximum absolute atomic E-state index is 12.0. The minimum absolute atomic E-state index is 0.114. The molecule has 0 spiro atoms. The fourth-order valence-electron chi connectivity index (χ4n) is 1.57. The molecule has 0 bridgehead atoms. The molecule has 0 atom stereocenters. The second-order valence-electron chi connectivity index (χ2n) is 5.90. The number of rotatable bonds is 6. The first-order chi connectivity index (χ1) is 8.70. The molecule has 4 heteroatoms. The van der Waals surface area contributed by atoms with Gasteiger partial charge in [0.2, 0.25) is 0 Å². The molecule has 0 radical (unpaired) electrons. The van der Waals surface area contributed by atoms with E-state index in [2.05, 4.69) is 33.0 Å². The van der Waals surface area contributed by atoms with E-state index in [0.29, 0.717) is 16.5 Å². The van der Waals surface area contributed by atoms with E-state index in [1.807, 2.05) is 12.1 Å². The van der Waals surface area contributed by atoms with E-state index in [-0.39, 0.29) is 11.2 Å². The number of benzene rings is 1. The van der Waals surface area contributed by atoms with Crippen molar-refractivity contribution < 1.29 is 8.42 Å². The molecule has 1 N–H and O–H groups in total. The van der Waals surface area contributed by atoms with Crippen molar-refractivity contribution in [3.05, 3.63) is 24.3 Å². The van der Waals surface area contributed by atoms with E-state index in [1.165, 1.54) is 0 Å². The second kappa shape index (κ2) is 5.95. The SMILES string of the molecule is CCS(=O)(=O)c1ccccc1NCC(C)(C)C(C)C. The molecule has 1 aromatic carbocycles. The normalized spacial score (nSPS) is 12.7. The molecule has 0 fully saturated rings. The van der Waals surface area contributed by atoms with Gasteiger partial charge in [-0.25, -0.2) is 8.42 Å². The van der Waals surface area contributed by atoms with Crippen molar-refractivity contribution in [1.29, 1.82) is 0 Å². The summed E-state index contributed by atoms with van der Waals surface area (Å²) in [7, 11) is -3.18. The molecule has 0 saturated carbocycles. The Morgan fingerprint density at radius 1 is 1.21 bits per heavy atom. The molecule has 0 unspecified atom stereocenters. The van der Waals surface area contributed by atoms with Crippen molar-refractivity contribution in [3.8, 4) is 0 Å². The quantitative estimate of drug-likeness (QED) is 0.868. The Hall–Kier alpha value is -1.03. The molecule has 0 aliphatic heterocycles. The largest absolute Gasteiger partial charge is 0.383 e. The highest BCUT2D eigenvalue weighted by Crippen LogP contribution is 2.28. The molecule has 3 nitrogen and oxygen atoms in total. The fraction of sp³-hybridized carbons (Fsp3) is 0.600. The van der Waals surface area contributed by atoms with Gasteiger partial charge in [-0.1, -0.05) is 46.8 Å². The standard InChI is InChI=1S/C15H25NO2S/c1-6-19(17,18)14-10-8-7-9-13(14)16-11-15(4,5)12(2)3/h7-10,12,16H,6,11H2,1-5H3. The van der Waals surface area contributed by atoms with Crippen LogP contribution in [-0.4, -0.2) is 20.7 Å². The highest BCUT2D eigenvalue weighted by Gasteiger charge is 2.23. The van der Waals surface area contributed by atoms with Crippen LogP contribution in [0.2, 0.25) is 0 Å². The minimum Gasteiger partial charge on any atom is -0.383 e. The monoisotopic (exact) mass is 283 g/mol. The molecule has 0 amide bonds. The van der Waals surface area contributed by atoms with Gasteiger partial charge in [0, 0.05) is 6.54 Å². The summed E-state index contributed by atoms with van der Waals surface area (Å²) < 4.78 is 24.1. The first kappa shape index (κ1) is 16.0. The van der Waals surface area contributed by atoms with Crippen molar-refractivity contribution in [2.24, 2.45) is 11.3 Å². The average molecular weight is 283 g/mol. The van der Waals surface area contributed by atoms with Crippen LogP contribution < -0.4 is 5.32 Å². The third kappa shape index (κ3) is 3.96. The highest BCUT2D eigenvalue weighted by atomic mass is 32.2. The van der Waals surface area contributed by atoms with Gasteiger partial charge in [-0.2, -0.15) is 0 Å². The van der Waals surface area contributed by atoms with Gasteiger partial charge < -0.3 is 5.32 Å². The first-order valence-corrected chi connectivity index (χ1v) is 8.41. The predicted octanol–water partition coefficient (Wildman–Crippen LogP) is 3.57. The zero-order valence-electron chi connectivity index (χ0n) is 12.5. The number of anilines is 1. The van der Waals surface area contributed by atoms with Crippen LogP contribution in [0.4, 0.5) is 5.69 Å². The number of para-hydroxylation sites is 1. The van der Waals surface area contributed by atoms with Crippen LogP contribution in [0.15, 0.2) is 29.2 Å². The topological polar surface area (TPSA) is 46.2 Å². The summed E-state index contributed by atoms with van der Waals surface area (Å²) in [6.45, 7) is 11.1. The van der Waals surface area contributed by atoms with Crippen LogP contribution in [0.3, 0.4) is 0 Å². The zero-order chi connectivity index (χ0) is 14.7. The highest BCUT2D eigenvalue weighted by molar-refractivity contribution is 7.91. The molecule has 0 aliphatic rings. The molecule has 0 aromatic heterocycles. The van der Waals surface area contributed by atoms with E-state index in [1.54, 1.807) is 19.1 Å². The average Bonchev–Trinajstić information content (AvgIpc) is 2.36. The van der Waals surface area contributed by atoms with Gasteiger partial charge in [0.15, 0.2) is 9.84 Å². The molecule has 19 heavy (non-hydrogen) atoms. The Balaban J connectivity index is 2.98. The Bertz CT molecular complexity index is 519. The van der Waals surface area contributed by atoms with Crippen molar-refractivity contribution in [1.82, 2.24) is 0 Å². The molecule has 0 heterocycles. The van der Waals surface area contributed by atoms with Gasteiger partial charge >= 0.3 is 0 Å². The Labute approximate surface area is 117 Å². The van der Waals surface area contributed by atoms with Crippen LogP contribution in [0.1, 0.15) is 34.6 Å². The molecule has 0 saturated heterocycles. The van der Waals surface area contributed by atoms with Crippen LogP contribution in [0, 0.1) is 11.3 Å². The lowest BCUT2D eigenvalue weighted by Gasteiger charge is -2.30. The Morgan fingerprint density at radius 2 is 1.79 bits per heavy atom. The van der Waals surface area contributed by atoms with Gasteiger partial charge in [0.25, 0.3) is 0 Å². The molecule has 0 aliphatic carbocycles. The summed E-state index contributed by atoms with van der Waals surface area (Å²) in [5.74, 6) is 0.647. The summed E-state index contributed by atoms with van der Waals surface area (Å²) in [5.41, 5.74) is 0.821. The molecular weight excluding hydrogens is 258 g/mol. The molecule has 1 aromatic rings. The van der Waals surface area contributed by atoms with E-state index in [4.69, 9.17) is 0 Å². The Kier molecular flexibility index (Phi) is 5.02. The van der Waals surface area contributed by atoms with Gasteiger partial charge in [-0.3, -0.25) is 0 Å². The van der Waals surface area contributed by atoms with E-state index < -0.39 is 9.84 Å². The summed E-state index contributed by atoms with van der Waals surface area (Å²) in [6.07, 6.45) is 0. The molecular formula is C15H25NO2S. The summed E-state index contributed by atoms with van der Waals surface area (Å²) >= 11 is 0. The van der Waals surface area contributed by atoms with Crippen LogP contribution >= 0.6 is 0 Å². The van der Waals surface area contributed by atoms with Crippen LogP contribution in [-0.2, 0) is 9.84 Å². The summed E-state index contributed by atoms with van der Waals surface area (Å²) in [4.78, 5) is 0.400. The maximum atomic E-state index is 12.0. The molecule has 108 valence electrons. The summed E-state index contributed by atoms with van der Waals surface area (Å²) in [6, 6.07) is 7.13. The lowest BCUT2D eigenvalue weighted by atomic mass is 9.81. The number of sulfone groups is 1. The number of nitrogens with one attached hydrogen (secondary N) is 1. The smallest absolute Gasteiger partial charge is 0.180 e. The van der Waals surface area contributed by atoms with Crippen LogP contribution in [0.5, 0.6) is 0 Å². The third-order valence-electron chi connectivity index (χ3n) is 3.90. The van der Waals surface area contributed by atoms with Gasteiger partial charge in [-0.05, 0) is 23.5 Å². The van der Waals surface area contributed by atoms with E-state index in [0.717, 1.165) is 6.54 Å². The van der Waals surface area contributed by atoms with Crippen molar-refractivity contribution >= 4 is 15.5 Å². The van der Waals surface area contributed by atoms with E-state index in [9.17, 15) is 8.42 Å². The number of hydrogen-bond donors (Lipinski definition) is 1. The maximum Gasteiger partial charge on any atom is 0.180 e. The summed E-state index contributed by atoms with van der Waals surface area (Å²) in [5, 5.41) is 3.30. The van der Waals surface area contributed by atoms with Crippen molar-refractivity contribution in [2.45, 2.75) is 39.5 Å². The lowest BCUT2D eigenvalue weighted by Crippen LogP contribution is -2.29. The van der Waals surface area contributed by atoms with Crippen molar-refractivity contribution in [3.63, 3.8) is 0 Å². The lowest BCUT2D eigenvalue weighted by molar-refractivity contribution is 0.269. The van der Waals surface area contributed by atoms with E-state index >= 15 is 0 Å². The fourth-order valence-corrected chi connectivity index (χ4v) is 2.64. The van der Waals surface area contributed by atoms with Gasteiger partial charge in [-0.15, -0.1) is 0 Å². The van der Waals surface area contributed by atoms with Crippen LogP contribution in [0.25, 0.3) is 0 Å². The predicted molar refractivity (Wildman–Crippen MR) is 81.3 cm³/mol.